The average Bonchev–Trinajstić information content (AvgIpc) is 2.98. The molecule has 1 saturated carbocycles. The summed E-state index contributed by atoms with van der Waals surface area (Å²) in [5.41, 5.74) is 3.74. The third-order valence-corrected chi connectivity index (χ3v) is 5.90. The lowest BCUT2D eigenvalue weighted by Crippen LogP contribution is -2.29. The van der Waals surface area contributed by atoms with Gasteiger partial charge >= 0.3 is 11.9 Å². The van der Waals surface area contributed by atoms with Gasteiger partial charge in [0.05, 0.1) is 5.41 Å². The number of rotatable bonds is 2. The van der Waals surface area contributed by atoms with Gasteiger partial charge in [0.25, 0.3) is 0 Å². The molecule has 4 heteroatoms. The monoisotopic (exact) mass is 346 g/mol. The van der Waals surface area contributed by atoms with E-state index in [-0.39, 0.29) is 17.4 Å². The van der Waals surface area contributed by atoms with Crippen molar-refractivity contribution in [3.8, 4) is 0 Å². The summed E-state index contributed by atoms with van der Waals surface area (Å²) in [6.45, 7) is 2.85. The molecule has 2 atom stereocenters. The van der Waals surface area contributed by atoms with E-state index in [9.17, 15) is 9.59 Å². The molecule has 130 valence electrons. The van der Waals surface area contributed by atoms with E-state index in [4.69, 9.17) is 9.47 Å². The first-order valence-electron chi connectivity index (χ1n) is 8.81. The zero-order chi connectivity index (χ0) is 18.1. The molecule has 1 fully saturated rings. The average molecular weight is 346 g/mol. The standard InChI is InChI=1S/C22H18O4/c1-13(23)25-19-11-21-12-22(21)15(5-3-8-20(22)26-14(2)24)9-10-18(21)16-6-4-7-17(16)19/h3,5-11H,4,12H2,1-2H3. The van der Waals surface area contributed by atoms with Crippen molar-refractivity contribution in [3.63, 3.8) is 0 Å². The van der Waals surface area contributed by atoms with Crippen LogP contribution in [-0.2, 0) is 19.1 Å². The molecule has 0 heterocycles. The van der Waals surface area contributed by atoms with Crippen LogP contribution in [0.2, 0.25) is 0 Å². The maximum atomic E-state index is 11.7. The van der Waals surface area contributed by atoms with E-state index < -0.39 is 5.41 Å². The molecule has 0 aromatic heterocycles. The maximum absolute atomic E-state index is 11.7. The van der Waals surface area contributed by atoms with Gasteiger partial charge in [-0.25, -0.2) is 0 Å². The predicted molar refractivity (Wildman–Crippen MR) is 95.3 cm³/mol. The summed E-state index contributed by atoms with van der Waals surface area (Å²) in [4.78, 5) is 23.3. The van der Waals surface area contributed by atoms with Gasteiger partial charge in [-0.1, -0.05) is 36.5 Å². The summed E-state index contributed by atoms with van der Waals surface area (Å²) < 4.78 is 11.2. The molecule has 0 amide bonds. The molecule has 5 aliphatic carbocycles. The summed E-state index contributed by atoms with van der Waals surface area (Å²) in [5.74, 6) is 0.647. The summed E-state index contributed by atoms with van der Waals surface area (Å²) in [5, 5.41) is 0. The third-order valence-electron chi connectivity index (χ3n) is 5.90. The minimum absolute atomic E-state index is 0.320. The lowest BCUT2D eigenvalue weighted by atomic mass is 9.69. The summed E-state index contributed by atoms with van der Waals surface area (Å²) in [7, 11) is 0. The Hall–Kier alpha value is -2.88. The molecular formula is C22H18O4. The highest BCUT2D eigenvalue weighted by atomic mass is 16.5. The van der Waals surface area contributed by atoms with Gasteiger partial charge < -0.3 is 9.47 Å². The molecule has 2 unspecified atom stereocenters. The van der Waals surface area contributed by atoms with Crippen LogP contribution < -0.4 is 0 Å². The van der Waals surface area contributed by atoms with Crippen LogP contribution in [0.3, 0.4) is 0 Å². The van der Waals surface area contributed by atoms with Crippen molar-refractivity contribution >= 4 is 11.9 Å². The lowest BCUT2D eigenvalue weighted by molar-refractivity contribution is -0.138. The first-order chi connectivity index (χ1) is 12.5. The van der Waals surface area contributed by atoms with Crippen LogP contribution in [0.25, 0.3) is 0 Å². The minimum Gasteiger partial charge on any atom is -0.430 e. The largest absolute Gasteiger partial charge is 0.430 e. The van der Waals surface area contributed by atoms with Crippen LogP contribution in [0, 0.1) is 10.8 Å². The Labute approximate surface area is 151 Å². The van der Waals surface area contributed by atoms with E-state index in [0.717, 1.165) is 29.6 Å². The van der Waals surface area contributed by atoms with Gasteiger partial charge in [0.2, 0.25) is 0 Å². The van der Waals surface area contributed by atoms with Crippen LogP contribution in [0.5, 0.6) is 0 Å². The molecule has 0 saturated heterocycles. The molecule has 0 aromatic carbocycles. The van der Waals surface area contributed by atoms with Crippen molar-refractivity contribution in [3.05, 3.63) is 82.4 Å². The first kappa shape index (κ1) is 15.4. The van der Waals surface area contributed by atoms with Crippen LogP contribution >= 0.6 is 0 Å². The fraction of sp³-hybridized carbons (Fsp3) is 0.273. The second kappa shape index (κ2) is 4.85. The Bertz CT molecular complexity index is 995. The van der Waals surface area contributed by atoms with Crippen LogP contribution in [0.1, 0.15) is 26.7 Å². The normalized spacial score (nSPS) is 32.2. The number of carbonyl (C=O) groups excluding carboxylic acids is 2. The molecule has 5 rings (SSSR count). The van der Waals surface area contributed by atoms with Crippen molar-refractivity contribution in [1.29, 1.82) is 0 Å². The van der Waals surface area contributed by atoms with Gasteiger partial charge in [0.1, 0.15) is 11.5 Å². The fourth-order valence-corrected chi connectivity index (χ4v) is 4.95. The van der Waals surface area contributed by atoms with Crippen molar-refractivity contribution < 1.29 is 19.1 Å². The third kappa shape index (κ3) is 1.74. The molecule has 0 radical (unpaired) electrons. The van der Waals surface area contributed by atoms with Crippen molar-refractivity contribution in [2.75, 3.05) is 0 Å². The van der Waals surface area contributed by atoms with Crippen LogP contribution in [-0.4, -0.2) is 11.9 Å². The molecule has 4 nitrogen and oxygen atoms in total. The highest BCUT2D eigenvalue weighted by Crippen LogP contribution is 2.80. The van der Waals surface area contributed by atoms with Crippen LogP contribution in [0.15, 0.2) is 82.4 Å². The Balaban J connectivity index is 1.71. The van der Waals surface area contributed by atoms with E-state index in [2.05, 4.69) is 36.5 Å². The number of esters is 2. The van der Waals surface area contributed by atoms with E-state index in [1.165, 1.54) is 19.4 Å². The minimum atomic E-state index is -0.391. The Kier molecular flexibility index (Phi) is 2.87. The number of fused-ring (bicyclic) bond motifs is 2. The zero-order valence-corrected chi connectivity index (χ0v) is 14.7. The number of hydrogen-bond donors (Lipinski definition) is 0. The topological polar surface area (TPSA) is 52.6 Å². The van der Waals surface area contributed by atoms with Crippen molar-refractivity contribution in [2.24, 2.45) is 10.8 Å². The first-order valence-corrected chi connectivity index (χ1v) is 8.81. The quantitative estimate of drug-likeness (QED) is 0.710. The molecule has 2 spiro atoms. The summed E-state index contributed by atoms with van der Waals surface area (Å²) in [6, 6.07) is 0. The second-order valence-electron chi connectivity index (χ2n) is 7.31. The van der Waals surface area contributed by atoms with E-state index in [0.29, 0.717) is 11.5 Å². The fourth-order valence-electron chi connectivity index (χ4n) is 4.95. The van der Waals surface area contributed by atoms with Gasteiger partial charge in [-0.05, 0) is 41.7 Å². The van der Waals surface area contributed by atoms with Gasteiger partial charge in [0.15, 0.2) is 0 Å². The lowest BCUT2D eigenvalue weighted by Gasteiger charge is -2.36. The van der Waals surface area contributed by atoms with Gasteiger partial charge in [-0.2, -0.15) is 0 Å². The highest BCUT2D eigenvalue weighted by molar-refractivity contribution is 5.78. The van der Waals surface area contributed by atoms with Crippen molar-refractivity contribution in [2.45, 2.75) is 26.7 Å². The molecule has 0 N–H and O–H groups in total. The molecule has 0 aromatic rings. The molecular weight excluding hydrogens is 328 g/mol. The van der Waals surface area contributed by atoms with Crippen LogP contribution in [0.4, 0.5) is 0 Å². The Morgan fingerprint density at radius 2 is 1.77 bits per heavy atom. The molecule has 0 bridgehead atoms. The predicted octanol–water partition coefficient (Wildman–Crippen LogP) is 3.96. The number of allylic oxidation sites excluding steroid dienone is 11. The van der Waals surface area contributed by atoms with E-state index in [1.54, 1.807) is 0 Å². The van der Waals surface area contributed by atoms with Gasteiger partial charge in [-0.3, -0.25) is 9.59 Å². The summed E-state index contributed by atoms with van der Waals surface area (Å²) in [6.07, 6.45) is 18.1. The zero-order valence-electron chi connectivity index (χ0n) is 14.7. The van der Waals surface area contributed by atoms with Gasteiger partial charge in [-0.15, -0.1) is 0 Å². The highest BCUT2D eigenvalue weighted by Gasteiger charge is 2.75. The second-order valence-corrected chi connectivity index (χ2v) is 7.31. The summed E-state index contributed by atoms with van der Waals surface area (Å²) >= 11 is 0. The molecule has 26 heavy (non-hydrogen) atoms. The Morgan fingerprint density at radius 3 is 2.54 bits per heavy atom. The Morgan fingerprint density at radius 1 is 1.00 bits per heavy atom. The molecule has 0 aliphatic heterocycles. The number of ether oxygens (including phenoxy) is 2. The van der Waals surface area contributed by atoms with Crippen molar-refractivity contribution in [1.82, 2.24) is 0 Å². The van der Waals surface area contributed by atoms with Gasteiger partial charge in [0, 0.05) is 24.8 Å². The molecule has 5 aliphatic rings. The number of carbonyl (C=O) groups is 2. The maximum Gasteiger partial charge on any atom is 0.308 e. The number of hydrogen-bond acceptors (Lipinski definition) is 4. The van der Waals surface area contributed by atoms with E-state index >= 15 is 0 Å². The van der Waals surface area contributed by atoms with E-state index in [1.807, 2.05) is 12.2 Å². The SMILES string of the molecule is CC(=O)OC1=CC23CC24C(=CC=C3C2=CCC=C12)C=CC=C4OC(C)=O. The smallest absolute Gasteiger partial charge is 0.308 e.